The summed E-state index contributed by atoms with van der Waals surface area (Å²) in [6, 6.07) is 22.9. The molecule has 248 valence electrons. The molecule has 3 aromatic rings. The molecule has 0 spiro atoms. The van der Waals surface area contributed by atoms with Gasteiger partial charge in [0, 0.05) is 5.92 Å². The van der Waals surface area contributed by atoms with Gasteiger partial charge in [0.25, 0.3) is 0 Å². The first kappa shape index (κ1) is 36.6. The van der Waals surface area contributed by atoms with Crippen LogP contribution in [0.2, 0.25) is 39.3 Å². The highest BCUT2D eigenvalue weighted by Gasteiger charge is 2.37. The number of allylic oxidation sites excluding steroid dienone is 4. The second-order valence-electron chi connectivity index (χ2n) is 18.8. The van der Waals surface area contributed by atoms with E-state index in [1.165, 1.54) is 39.0 Å². The molecule has 1 aliphatic carbocycles. The summed E-state index contributed by atoms with van der Waals surface area (Å²) in [5, 5.41) is 4.95. The summed E-state index contributed by atoms with van der Waals surface area (Å²) in [6.07, 6.45) is 0. The van der Waals surface area contributed by atoms with Gasteiger partial charge in [-0.15, -0.1) is 0 Å². The van der Waals surface area contributed by atoms with Gasteiger partial charge in [-0.25, -0.2) is 0 Å². The summed E-state index contributed by atoms with van der Waals surface area (Å²) in [7, 11) is -3.69. The van der Waals surface area contributed by atoms with Gasteiger partial charge < -0.3 is 0 Å². The van der Waals surface area contributed by atoms with Crippen LogP contribution in [-0.2, 0) is 10.8 Å². The summed E-state index contributed by atoms with van der Waals surface area (Å²) in [4.78, 5) is 0. The van der Waals surface area contributed by atoms with Crippen LogP contribution in [0.4, 0.5) is 0 Å². The van der Waals surface area contributed by atoms with Gasteiger partial charge in [0.2, 0.25) is 0 Å². The Balaban J connectivity index is 2.02. The number of benzene rings is 3. The summed E-state index contributed by atoms with van der Waals surface area (Å²) >= 11 is 0. The summed E-state index contributed by atoms with van der Waals surface area (Å²) in [5.74, 6) is 0.391. The lowest BCUT2D eigenvalue weighted by Gasteiger charge is -2.32. The minimum Gasteiger partial charge on any atom is -0.0665 e. The Kier molecular flexibility index (Phi) is 10.1. The second kappa shape index (κ2) is 12.7. The fraction of sp³-hybridized carbons (Fsp3) is 0.488. The lowest BCUT2D eigenvalue weighted by Crippen LogP contribution is -2.48. The van der Waals surface area contributed by atoms with Crippen molar-refractivity contribution < 1.29 is 0 Å². The third kappa shape index (κ3) is 7.90. The molecule has 0 bridgehead atoms. The predicted octanol–water partition coefficient (Wildman–Crippen LogP) is 9.96. The molecule has 0 radical (unpaired) electrons. The monoisotopic (exact) mass is 664 g/mol. The third-order valence-electron chi connectivity index (χ3n) is 10.6. The van der Waals surface area contributed by atoms with Crippen LogP contribution in [0.1, 0.15) is 101 Å². The minimum absolute atomic E-state index is 0.0857. The fourth-order valence-corrected chi connectivity index (χ4v) is 12.8. The van der Waals surface area contributed by atoms with Crippen molar-refractivity contribution in [2.75, 3.05) is 0 Å². The van der Waals surface area contributed by atoms with Crippen LogP contribution in [0.15, 0.2) is 71.3 Å². The summed E-state index contributed by atoms with van der Waals surface area (Å²) < 4.78 is 0. The van der Waals surface area contributed by atoms with Crippen molar-refractivity contribution in [2.45, 2.75) is 132 Å². The molecule has 0 saturated carbocycles. The maximum Gasteiger partial charge on any atom is 0.0775 e. The van der Waals surface area contributed by atoms with Crippen LogP contribution in [0.3, 0.4) is 0 Å². The zero-order valence-corrected chi connectivity index (χ0v) is 36.0. The van der Waals surface area contributed by atoms with E-state index >= 15 is 0 Å². The van der Waals surface area contributed by atoms with Crippen molar-refractivity contribution in [1.82, 2.24) is 0 Å². The van der Waals surface area contributed by atoms with E-state index in [1.54, 1.807) is 32.3 Å². The van der Waals surface area contributed by atoms with E-state index in [2.05, 4.69) is 170 Å². The van der Waals surface area contributed by atoms with Gasteiger partial charge in [-0.05, 0) is 90.0 Å². The lowest BCUT2D eigenvalue weighted by molar-refractivity contribution is 0.568. The molecule has 4 rings (SSSR count). The summed E-state index contributed by atoms with van der Waals surface area (Å²) in [5.41, 5.74) is 15.5. The summed E-state index contributed by atoms with van der Waals surface area (Å²) in [6.45, 7) is 41.2. The Morgan fingerprint density at radius 3 is 1.43 bits per heavy atom. The maximum atomic E-state index is 2.66. The van der Waals surface area contributed by atoms with Gasteiger partial charge in [-0.3, -0.25) is 0 Å². The standard InChI is InChI=1S/C43H64Si3/c1-27-18-28(2)20-33(19-27)41(44-36-24-37(45(12,13)14)26-38(25-36)46(15,16)17)40-31(5)29(3)30(4)39(40)32-21-34(42(6,7)8)23-35(22-32)43(9,10)11/h18-26,40-41H,44H2,1-17H3. The van der Waals surface area contributed by atoms with Gasteiger partial charge >= 0.3 is 0 Å². The molecule has 0 aliphatic heterocycles. The van der Waals surface area contributed by atoms with Gasteiger partial charge in [0.05, 0.1) is 25.7 Å². The van der Waals surface area contributed by atoms with Gasteiger partial charge in [-0.1, -0.05) is 168 Å². The normalized spacial score (nSPS) is 17.5. The van der Waals surface area contributed by atoms with Gasteiger partial charge in [-0.2, -0.15) is 0 Å². The molecule has 0 fully saturated rings. The number of hydrogen-bond acceptors (Lipinski definition) is 0. The number of aryl methyl sites for hydroxylation is 2. The van der Waals surface area contributed by atoms with E-state index in [-0.39, 0.29) is 10.8 Å². The van der Waals surface area contributed by atoms with Crippen LogP contribution in [0, 0.1) is 19.8 Å². The number of rotatable bonds is 7. The van der Waals surface area contributed by atoms with E-state index in [9.17, 15) is 0 Å². The molecule has 3 aromatic carbocycles. The molecular formula is C43H64Si3. The molecule has 0 heterocycles. The van der Waals surface area contributed by atoms with Crippen molar-refractivity contribution in [3.8, 4) is 0 Å². The van der Waals surface area contributed by atoms with Crippen molar-refractivity contribution in [3.63, 3.8) is 0 Å². The van der Waals surface area contributed by atoms with E-state index in [0.717, 1.165) is 0 Å². The quantitative estimate of drug-likeness (QED) is 0.221. The first-order valence-corrected chi connectivity index (χ1v) is 26.2. The zero-order chi connectivity index (χ0) is 34.7. The predicted molar refractivity (Wildman–Crippen MR) is 218 cm³/mol. The van der Waals surface area contributed by atoms with Crippen LogP contribution >= 0.6 is 0 Å². The maximum absolute atomic E-state index is 2.66. The highest BCUT2D eigenvalue weighted by molar-refractivity contribution is 6.92. The molecule has 0 N–H and O–H groups in total. The molecule has 0 saturated heterocycles. The zero-order valence-electron chi connectivity index (χ0n) is 32.6. The van der Waals surface area contributed by atoms with Crippen molar-refractivity contribution in [1.29, 1.82) is 0 Å². The Morgan fingerprint density at radius 2 is 1.02 bits per heavy atom. The highest BCUT2D eigenvalue weighted by Crippen LogP contribution is 2.50. The van der Waals surface area contributed by atoms with E-state index in [1.807, 2.05) is 0 Å². The van der Waals surface area contributed by atoms with Crippen LogP contribution in [0.5, 0.6) is 0 Å². The molecule has 0 amide bonds. The van der Waals surface area contributed by atoms with Crippen molar-refractivity contribution in [3.05, 3.63) is 105 Å². The van der Waals surface area contributed by atoms with Crippen LogP contribution in [0.25, 0.3) is 5.57 Å². The van der Waals surface area contributed by atoms with E-state index < -0.39 is 25.7 Å². The minimum atomic E-state index is -1.48. The smallest absolute Gasteiger partial charge is 0.0665 e. The van der Waals surface area contributed by atoms with Crippen LogP contribution in [-0.4, -0.2) is 25.7 Å². The second-order valence-corrected chi connectivity index (χ2v) is 31.0. The average molecular weight is 665 g/mol. The Bertz CT molecular complexity index is 1600. The molecule has 0 aromatic heterocycles. The fourth-order valence-electron chi connectivity index (χ4n) is 7.31. The first-order valence-electron chi connectivity index (χ1n) is 17.7. The SMILES string of the molecule is CC1=C(C)C(C([SiH2]c2cc([Si](C)(C)C)cc([Si](C)(C)C)c2)c2cc(C)cc(C)c2)C(c2cc(C(C)(C)C)cc(C(C)(C)C)c2)=C1C. The number of hydrogen-bond donors (Lipinski definition) is 0. The molecule has 0 nitrogen and oxygen atoms in total. The Labute approximate surface area is 288 Å². The van der Waals surface area contributed by atoms with Gasteiger partial charge in [0.15, 0.2) is 0 Å². The topological polar surface area (TPSA) is 0 Å². The average Bonchev–Trinajstić information content (AvgIpc) is 3.12. The Hall–Kier alpha value is -2.21. The van der Waals surface area contributed by atoms with Crippen LogP contribution < -0.4 is 15.6 Å². The molecule has 46 heavy (non-hydrogen) atoms. The third-order valence-corrected chi connectivity index (χ3v) is 16.9. The molecule has 1 aliphatic rings. The van der Waals surface area contributed by atoms with Gasteiger partial charge in [0.1, 0.15) is 0 Å². The van der Waals surface area contributed by atoms with E-state index in [0.29, 0.717) is 11.5 Å². The first-order chi connectivity index (χ1) is 20.9. The highest BCUT2D eigenvalue weighted by atomic mass is 28.3. The molecular weight excluding hydrogens is 601 g/mol. The van der Waals surface area contributed by atoms with Crippen molar-refractivity contribution >= 4 is 46.8 Å². The Morgan fingerprint density at radius 1 is 0.565 bits per heavy atom. The lowest BCUT2D eigenvalue weighted by atomic mass is 9.76. The van der Waals surface area contributed by atoms with E-state index in [4.69, 9.17) is 0 Å². The largest absolute Gasteiger partial charge is 0.0775 e. The molecule has 2 atom stereocenters. The molecule has 2 unspecified atom stereocenters. The molecule has 3 heteroatoms. The van der Waals surface area contributed by atoms with Crippen molar-refractivity contribution in [2.24, 2.45) is 5.92 Å².